The molecule has 0 saturated heterocycles. The number of rotatable bonds is 3. The van der Waals surface area contributed by atoms with E-state index in [0.29, 0.717) is 16.9 Å². The minimum atomic E-state index is -0.402. The van der Waals surface area contributed by atoms with Crippen molar-refractivity contribution in [3.63, 3.8) is 0 Å². The lowest BCUT2D eigenvalue weighted by atomic mass is 9.99. The fourth-order valence-electron chi connectivity index (χ4n) is 1.85. The normalized spacial score (nSPS) is 10.0. The van der Waals surface area contributed by atoms with E-state index in [1.54, 1.807) is 30.3 Å². The number of hydrogen-bond donors (Lipinski definition) is 0. The van der Waals surface area contributed by atoms with Gasteiger partial charge in [0.25, 0.3) is 0 Å². The molecule has 0 heterocycles. The zero-order chi connectivity index (χ0) is 13.8. The summed E-state index contributed by atoms with van der Waals surface area (Å²) >= 11 is 0. The van der Waals surface area contributed by atoms with Crippen molar-refractivity contribution < 1.29 is 14.3 Å². The second-order valence-electron chi connectivity index (χ2n) is 4.27. The van der Waals surface area contributed by atoms with Gasteiger partial charge in [-0.1, -0.05) is 36.4 Å². The van der Waals surface area contributed by atoms with Crippen molar-refractivity contribution in [2.45, 2.75) is 13.8 Å². The molecule has 3 heteroatoms. The van der Waals surface area contributed by atoms with E-state index < -0.39 is 5.97 Å². The van der Waals surface area contributed by atoms with E-state index in [1.165, 1.54) is 6.92 Å². The van der Waals surface area contributed by atoms with Gasteiger partial charge in [-0.15, -0.1) is 0 Å². The molecule has 0 aliphatic carbocycles. The highest BCUT2D eigenvalue weighted by molar-refractivity contribution is 6.10. The third-order valence-electron chi connectivity index (χ3n) is 2.75. The standard InChI is InChI=1S/C16H14O3/c1-11-6-3-4-9-15(11)16(18)13-7-5-8-14(10-13)19-12(2)17/h3-10H,1-2H3. The Morgan fingerprint density at radius 2 is 1.74 bits per heavy atom. The molecule has 0 spiro atoms. The van der Waals surface area contributed by atoms with Crippen LogP contribution in [0, 0.1) is 6.92 Å². The Hall–Kier alpha value is -2.42. The number of hydrogen-bond acceptors (Lipinski definition) is 3. The molecule has 0 bridgehead atoms. The summed E-state index contributed by atoms with van der Waals surface area (Å²) in [6.45, 7) is 3.22. The van der Waals surface area contributed by atoms with Crippen LogP contribution in [-0.4, -0.2) is 11.8 Å². The van der Waals surface area contributed by atoms with Gasteiger partial charge >= 0.3 is 5.97 Å². The Morgan fingerprint density at radius 1 is 1.00 bits per heavy atom. The van der Waals surface area contributed by atoms with Crippen LogP contribution >= 0.6 is 0 Å². The molecule has 0 aliphatic rings. The fourth-order valence-corrected chi connectivity index (χ4v) is 1.85. The van der Waals surface area contributed by atoms with Crippen LogP contribution in [0.25, 0.3) is 0 Å². The van der Waals surface area contributed by atoms with Crippen molar-refractivity contribution in [2.75, 3.05) is 0 Å². The molecule has 0 unspecified atom stereocenters. The molecule has 0 radical (unpaired) electrons. The summed E-state index contributed by atoms with van der Waals surface area (Å²) in [6.07, 6.45) is 0. The van der Waals surface area contributed by atoms with E-state index >= 15 is 0 Å². The first-order valence-electron chi connectivity index (χ1n) is 5.97. The first-order chi connectivity index (χ1) is 9.08. The molecule has 3 nitrogen and oxygen atoms in total. The van der Waals surface area contributed by atoms with Crippen LogP contribution in [0.2, 0.25) is 0 Å². The molecule has 0 N–H and O–H groups in total. The monoisotopic (exact) mass is 254 g/mol. The van der Waals surface area contributed by atoms with E-state index in [1.807, 2.05) is 25.1 Å². The largest absolute Gasteiger partial charge is 0.427 e. The molecule has 0 fully saturated rings. The van der Waals surface area contributed by atoms with Gasteiger partial charge in [0.15, 0.2) is 5.78 Å². The lowest BCUT2D eigenvalue weighted by Crippen LogP contribution is -2.05. The van der Waals surface area contributed by atoms with Gasteiger partial charge in [-0.3, -0.25) is 9.59 Å². The smallest absolute Gasteiger partial charge is 0.308 e. The van der Waals surface area contributed by atoms with Crippen molar-refractivity contribution in [1.29, 1.82) is 0 Å². The number of aryl methyl sites for hydroxylation is 1. The highest BCUT2D eigenvalue weighted by atomic mass is 16.5. The maximum Gasteiger partial charge on any atom is 0.308 e. The molecule has 0 amide bonds. The molecular formula is C16H14O3. The summed E-state index contributed by atoms with van der Waals surface area (Å²) in [5.41, 5.74) is 2.08. The Morgan fingerprint density at radius 3 is 2.42 bits per heavy atom. The average Bonchev–Trinajstić information content (AvgIpc) is 2.38. The number of carbonyl (C=O) groups excluding carboxylic acids is 2. The van der Waals surface area contributed by atoms with Crippen LogP contribution in [0.4, 0.5) is 0 Å². The second-order valence-corrected chi connectivity index (χ2v) is 4.27. The summed E-state index contributed by atoms with van der Waals surface area (Å²) in [4.78, 5) is 23.3. The lowest BCUT2D eigenvalue weighted by Gasteiger charge is -2.06. The van der Waals surface area contributed by atoms with Gasteiger partial charge in [0, 0.05) is 18.1 Å². The predicted molar refractivity (Wildman–Crippen MR) is 72.4 cm³/mol. The molecule has 2 aromatic carbocycles. The fraction of sp³-hybridized carbons (Fsp3) is 0.125. The van der Waals surface area contributed by atoms with Crippen molar-refractivity contribution in [2.24, 2.45) is 0 Å². The van der Waals surface area contributed by atoms with E-state index in [0.717, 1.165) is 5.56 Å². The Kier molecular flexibility index (Phi) is 3.76. The minimum absolute atomic E-state index is 0.0768. The molecule has 0 aromatic heterocycles. The number of ketones is 1. The summed E-state index contributed by atoms with van der Waals surface area (Å²) < 4.78 is 4.98. The minimum Gasteiger partial charge on any atom is -0.427 e. The zero-order valence-electron chi connectivity index (χ0n) is 10.8. The second kappa shape index (κ2) is 5.48. The predicted octanol–water partition coefficient (Wildman–Crippen LogP) is 3.15. The maximum atomic E-state index is 12.4. The van der Waals surface area contributed by atoms with Gasteiger partial charge in [0.05, 0.1) is 0 Å². The van der Waals surface area contributed by atoms with Gasteiger partial charge in [-0.05, 0) is 24.6 Å². The molecule has 2 aromatic rings. The molecular weight excluding hydrogens is 240 g/mol. The summed E-state index contributed by atoms with van der Waals surface area (Å²) in [5.74, 6) is -0.0977. The van der Waals surface area contributed by atoms with Crippen LogP contribution in [0.1, 0.15) is 28.4 Å². The van der Waals surface area contributed by atoms with Crippen LogP contribution in [0.5, 0.6) is 5.75 Å². The first kappa shape index (κ1) is 13.0. The third kappa shape index (κ3) is 3.07. The quantitative estimate of drug-likeness (QED) is 0.480. The van der Waals surface area contributed by atoms with Gasteiger partial charge in [-0.25, -0.2) is 0 Å². The van der Waals surface area contributed by atoms with Crippen LogP contribution in [0.15, 0.2) is 48.5 Å². The number of esters is 1. The zero-order valence-corrected chi connectivity index (χ0v) is 10.8. The summed E-state index contributed by atoms with van der Waals surface area (Å²) in [6, 6.07) is 14.0. The van der Waals surface area contributed by atoms with E-state index in [4.69, 9.17) is 4.74 Å². The Bertz CT molecular complexity index is 629. The van der Waals surface area contributed by atoms with Crippen LogP contribution in [-0.2, 0) is 4.79 Å². The number of benzene rings is 2. The summed E-state index contributed by atoms with van der Waals surface area (Å²) in [7, 11) is 0. The van der Waals surface area contributed by atoms with Crippen molar-refractivity contribution in [3.05, 3.63) is 65.2 Å². The number of ether oxygens (including phenoxy) is 1. The van der Waals surface area contributed by atoms with Gasteiger partial charge in [0.2, 0.25) is 0 Å². The lowest BCUT2D eigenvalue weighted by molar-refractivity contribution is -0.131. The van der Waals surface area contributed by atoms with E-state index in [-0.39, 0.29) is 5.78 Å². The maximum absolute atomic E-state index is 12.4. The third-order valence-corrected chi connectivity index (χ3v) is 2.75. The van der Waals surface area contributed by atoms with E-state index in [9.17, 15) is 9.59 Å². The first-order valence-corrected chi connectivity index (χ1v) is 5.97. The molecule has 0 atom stereocenters. The van der Waals surface area contributed by atoms with Gasteiger partial charge in [0.1, 0.15) is 5.75 Å². The highest BCUT2D eigenvalue weighted by Gasteiger charge is 2.12. The number of carbonyl (C=O) groups is 2. The SMILES string of the molecule is CC(=O)Oc1cccc(C(=O)c2ccccc2C)c1. The van der Waals surface area contributed by atoms with Crippen LogP contribution < -0.4 is 4.74 Å². The van der Waals surface area contributed by atoms with Crippen molar-refractivity contribution in [1.82, 2.24) is 0 Å². The van der Waals surface area contributed by atoms with Gasteiger partial charge in [-0.2, -0.15) is 0 Å². The molecule has 96 valence electrons. The average molecular weight is 254 g/mol. The highest BCUT2D eigenvalue weighted by Crippen LogP contribution is 2.18. The van der Waals surface area contributed by atoms with Crippen molar-refractivity contribution >= 4 is 11.8 Å². The Labute approximate surface area is 111 Å². The summed E-state index contributed by atoms with van der Waals surface area (Å²) in [5, 5.41) is 0. The molecule has 2 rings (SSSR count). The van der Waals surface area contributed by atoms with E-state index in [2.05, 4.69) is 0 Å². The molecule has 0 aliphatic heterocycles. The topological polar surface area (TPSA) is 43.4 Å². The van der Waals surface area contributed by atoms with Crippen LogP contribution in [0.3, 0.4) is 0 Å². The Balaban J connectivity index is 2.34. The van der Waals surface area contributed by atoms with Gasteiger partial charge < -0.3 is 4.74 Å². The molecule has 0 saturated carbocycles. The molecule has 19 heavy (non-hydrogen) atoms. The van der Waals surface area contributed by atoms with Crippen molar-refractivity contribution in [3.8, 4) is 5.75 Å².